The van der Waals surface area contributed by atoms with Crippen LogP contribution in [0.5, 0.6) is 0 Å². The largest absolute Gasteiger partial charge is 0.376 e. The molecule has 0 aromatic heterocycles. The van der Waals surface area contributed by atoms with Crippen molar-refractivity contribution in [1.82, 2.24) is 0 Å². The third-order valence-corrected chi connectivity index (χ3v) is 4.35. The van der Waals surface area contributed by atoms with Crippen molar-refractivity contribution in [3.05, 3.63) is 33.9 Å². The average molecular weight is 290 g/mol. The van der Waals surface area contributed by atoms with Crippen molar-refractivity contribution in [3.63, 3.8) is 0 Å². The van der Waals surface area contributed by atoms with Gasteiger partial charge in [0.25, 0.3) is 5.69 Å². The lowest BCUT2D eigenvalue weighted by atomic mass is 9.83. The third-order valence-electron chi connectivity index (χ3n) is 4.35. The zero-order chi connectivity index (χ0) is 15.2. The van der Waals surface area contributed by atoms with Gasteiger partial charge in [-0.15, -0.1) is 0 Å². The lowest BCUT2D eigenvalue weighted by Gasteiger charge is -2.30. The first-order valence-corrected chi connectivity index (χ1v) is 7.66. The Morgan fingerprint density at radius 2 is 2.10 bits per heavy atom. The summed E-state index contributed by atoms with van der Waals surface area (Å²) in [4.78, 5) is 21.5. The molecule has 1 saturated carbocycles. The number of hydrogen-bond acceptors (Lipinski definition) is 4. The van der Waals surface area contributed by atoms with E-state index in [-0.39, 0.29) is 11.7 Å². The second-order valence-corrected chi connectivity index (χ2v) is 5.71. The van der Waals surface area contributed by atoms with Crippen LogP contribution in [0.2, 0.25) is 0 Å². The van der Waals surface area contributed by atoms with Crippen molar-refractivity contribution < 1.29 is 9.72 Å². The Morgan fingerprint density at radius 3 is 2.67 bits per heavy atom. The molecule has 1 N–H and O–H groups in total. The van der Waals surface area contributed by atoms with Crippen molar-refractivity contribution in [3.8, 4) is 0 Å². The Kier molecular flexibility index (Phi) is 5.31. The summed E-state index contributed by atoms with van der Waals surface area (Å²) < 4.78 is 0. The first-order valence-electron chi connectivity index (χ1n) is 7.66. The molecule has 114 valence electrons. The fourth-order valence-corrected chi connectivity index (χ4v) is 3.18. The van der Waals surface area contributed by atoms with Gasteiger partial charge in [-0.2, -0.15) is 0 Å². The van der Waals surface area contributed by atoms with Gasteiger partial charge in [0, 0.05) is 17.7 Å². The van der Waals surface area contributed by atoms with Crippen LogP contribution in [0.4, 0.5) is 11.4 Å². The zero-order valence-corrected chi connectivity index (χ0v) is 12.4. The Morgan fingerprint density at radius 1 is 1.38 bits per heavy atom. The highest BCUT2D eigenvalue weighted by Gasteiger charge is 2.24. The summed E-state index contributed by atoms with van der Waals surface area (Å²) in [6.45, 7) is 2.11. The standard InChI is InChI=1S/C16H22N2O3/c1-2-14(13-6-4-3-5-7-13)17-15-9-8-12(11-19)10-16(15)18(20)21/h8-11,13-14,17H,2-7H2,1H3. The number of anilines is 1. The molecule has 0 amide bonds. The van der Waals surface area contributed by atoms with E-state index in [1.54, 1.807) is 12.1 Å². The first kappa shape index (κ1) is 15.5. The molecule has 1 aliphatic carbocycles. The smallest absolute Gasteiger partial charge is 0.293 e. The molecule has 1 aromatic rings. The molecule has 2 rings (SSSR count). The SMILES string of the molecule is CCC(Nc1ccc(C=O)cc1[N+](=O)[O-])C1CCCCC1. The molecule has 0 aliphatic heterocycles. The van der Waals surface area contributed by atoms with Crippen LogP contribution in [0.3, 0.4) is 0 Å². The van der Waals surface area contributed by atoms with E-state index in [0.29, 0.717) is 23.5 Å². The second kappa shape index (κ2) is 7.20. The molecule has 5 heteroatoms. The van der Waals surface area contributed by atoms with Crippen LogP contribution in [0.15, 0.2) is 18.2 Å². The summed E-state index contributed by atoms with van der Waals surface area (Å²) in [6, 6.07) is 4.86. The van der Waals surface area contributed by atoms with Crippen molar-refractivity contribution in [1.29, 1.82) is 0 Å². The number of nitro benzene ring substituents is 1. The zero-order valence-electron chi connectivity index (χ0n) is 12.4. The highest BCUT2D eigenvalue weighted by atomic mass is 16.6. The lowest BCUT2D eigenvalue weighted by Crippen LogP contribution is -2.30. The van der Waals surface area contributed by atoms with Crippen LogP contribution in [0.25, 0.3) is 0 Å². The van der Waals surface area contributed by atoms with E-state index in [2.05, 4.69) is 12.2 Å². The second-order valence-electron chi connectivity index (χ2n) is 5.71. The molecule has 0 spiro atoms. The maximum Gasteiger partial charge on any atom is 0.293 e. The van der Waals surface area contributed by atoms with Gasteiger partial charge in [0.2, 0.25) is 0 Å². The number of carbonyl (C=O) groups is 1. The number of aldehydes is 1. The number of hydrogen-bond donors (Lipinski definition) is 1. The van der Waals surface area contributed by atoms with Gasteiger partial charge in [-0.25, -0.2) is 0 Å². The minimum absolute atomic E-state index is 0.0196. The van der Waals surface area contributed by atoms with E-state index >= 15 is 0 Å². The summed E-state index contributed by atoms with van der Waals surface area (Å²) in [5.41, 5.74) is 0.829. The predicted octanol–water partition coefficient (Wildman–Crippen LogP) is 4.18. The predicted molar refractivity (Wildman–Crippen MR) is 82.8 cm³/mol. The van der Waals surface area contributed by atoms with Gasteiger partial charge in [-0.3, -0.25) is 14.9 Å². The van der Waals surface area contributed by atoms with Gasteiger partial charge in [0.15, 0.2) is 0 Å². The number of nitrogens with one attached hydrogen (secondary N) is 1. The Bertz CT molecular complexity index is 510. The van der Waals surface area contributed by atoms with Crippen molar-refractivity contribution >= 4 is 17.7 Å². The monoisotopic (exact) mass is 290 g/mol. The van der Waals surface area contributed by atoms with Crippen LogP contribution < -0.4 is 5.32 Å². The van der Waals surface area contributed by atoms with Crippen LogP contribution in [0, 0.1) is 16.0 Å². The minimum Gasteiger partial charge on any atom is -0.376 e. The summed E-state index contributed by atoms with van der Waals surface area (Å²) in [7, 11) is 0. The normalized spacial score (nSPS) is 17.2. The van der Waals surface area contributed by atoms with Crippen LogP contribution >= 0.6 is 0 Å². The topological polar surface area (TPSA) is 72.2 Å². The number of rotatable bonds is 6. The number of carbonyl (C=O) groups excluding carboxylic acids is 1. The molecule has 1 fully saturated rings. The van der Waals surface area contributed by atoms with Crippen LogP contribution in [0.1, 0.15) is 55.8 Å². The number of benzene rings is 1. The molecular weight excluding hydrogens is 268 g/mol. The van der Waals surface area contributed by atoms with E-state index in [1.807, 2.05) is 0 Å². The van der Waals surface area contributed by atoms with Crippen molar-refractivity contribution in [2.75, 3.05) is 5.32 Å². The van der Waals surface area contributed by atoms with E-state index in [9.17, 15) is 14.9 Å². The fraction of sp³-hybridized carbons (Fsp3) is 0.562. The van der Waals surface area contributed by atoms with Crippen molar-refractivity contribution in [2.45, 2.75) is 51.5 Å². The first-order chi connectivity index (χ1) is 10.2. The van der Waals surface area contributed by atoms with E-state index in [4.69, 9.17) is 0 Å². The molecule has 1 aromatic carbocycles. The van der Waals surface area contributed by atoms with Gasteiger partial charge in [0.1, 0.15) is 12.0 Å². The summed E-state index contributed by atoms with van der Waals surface area (Å²) >= 11 is 0. The minimum atomic E-state index is -0.428. The molecule has 0 radical (unpaired) electrons. The Balaban J connectivity index is 2.19. The van der Waals surface area contributed by atoms with Gasteiger partial charge >= 0.3 is 0 Å². The molecule has 21 heavy (non-hydrogen) atoms. The molecule has 1 unspecified atom stereocenters. The Hall–Kier alpha value is -1.91. The highest BCUT2D eigenvalue weighted by Crippen LogP contribution is 2.32. The van der Waals surface area contributed by atoms with Gasteiger partial charge in [0.05, 0.1) is 4.92 Å². The van der Waals surface area contributed by atoms with Gasteiger partial charge in [-0.1, -0.05) is 26.2 Å². The van der Waals surface area contributed by atoms with Crippen LogP contribution in [-0.2, 0) is 0 Å². The van der Waals surface area contributed by atoms with Gasteiger partial charge < -0.3 is 5.32 Å². The van der Waals surface area contributed by atoms with Gasteiger partial charge in [-0.05, 0) is 37.3 Å². The summed E-state index contributed by atoms with van der Waals surface area (Å²) in [5.74, 6) is 0.578. The lowest BCUT2D eigenvalue weighted by molar-refractivity contribution is -0.384. The third kappa shape index (κ3) is 3.80. The number of nitrogens with zero attached hydrogens (tertiary/aromatic N) is 1. The van der Waals surface area contributed by atoms with Crippen molar-refractivity contribution in [2.24, 2.45) is 5.92 Å². The molecule has 1 aliphatic rings. The molecule has 0 saturated heterocycles. The molecule has 0 heterocycles. The molecule has 1 atom stereocenters. The molecule has 0 bridgehead atoms. The maximum atomic E-state index is 11.2. The summed E-state index contributed by atoms with van der Waals surface area (Å²) in [6.07, 6.45) is 7.73. The highest BCUT2D eigenvalue weighted by molar-refractivity contribution is 5.79. The van der Waals surface area contributed by atoms with E-state index in [0.717, 1.165) is 6.42 Å². The van der Waals surface area contributed by atoms with E-state index < -0.39 is 4.92 Å². The average Bonchev–Trinajstić information content (AvgIpc) is 2.53. The summed E-state index contributed by atoms with van der Waals surface area (Å²) in [5, 5.41) is 14.5. The molecule has 5 nitrogen and oxygen atoms in total. The number of nitro groups is 1. The fourth-order valence-electron chi connectivity index (χ4n) is 3.18. The molecular formula is C16H22N2O3. The maximum absolute atomic E-state index is 11.2. The van der Waals surface area contributed by atoms with Crippen LogP contribution in [-0.4, -0.2) is 17.3 Å². The van der Waals surface area contributed by atoms with E-state index in [1.165, 1.54) is 38.2 Å². The quantitative estimate of drug-likeness (QED) is 0.484. The Labute approximate surface area is 124 Å².